The second-order valence-corrected chi connectivity index (χ2v) is 4.99. The summed E-state index contributed by atoms with van der Waals surface area (Å²) in [6, 6.07) is 1.12. The van der Waals surface area contributed by atoms with Crippen LogP contribution in [0.2, 0.25) is 0 Å². The minimum absolute atomic E-state index is 0.437. The van der Waals surface area contributed by atoms with E-state index in [9.17, 15) is 0 Å². The first-order chi connectivity index (χ1) is 7.31. The van der Waals surface area contributed by atoms with E-state index in [4.69, 9.17) is 5.73 Å². The quantitative estimate of drug-likeness (QED) is 0.736. The summed E-state index contributed by atoms with van der Waals surface area (Å²) < 4.78 is 0. The van der Waals surface area contributed by atoms with Gasteiger partial charge in [-0.1, -0.05) is 19.8 Å². The van der Waals surface area contributed by atoms with Crippen LogP contribution < -0.4 is 5.73 Å². The fourth-order valence-corrected chi connectivity index (χ4v) is 3.00. The zero-order chi connectivity index (χ0) is 10.7. The van der Waals surface area contributed by atoms with Crippen molar-refractivity contribution in [2.24, 2.45) is 5.73 Å². The van der Waals surface area contributed by atoms with Crippen LogP contribution in [-0.2, 0) is 0 Å². The van der Waals surface area contributed by atoms with Crippen LogP contribution in [0.4, 0.5) is 0 Å². The lowest BCUT2D eigenvalue weighted by molar-refractivity contribution is 0.0719. The summed E-state index contributed by atoms with van der Waals surface area (Å²) in [4.78, 5) is 5.17. The molecular formula is C12H25N3. The lowest BCUT2D eigenvalue weighted by Gasteiger charge is -2.43. The second-order valence-electron chi connectivity index (χ2n) is 4.99. The third-order valence-electron chi connectivity index (χ3n) is 4.10. The summed E-state index contributed by atoms with van der Waals surface area (Å²) in [6.07, 6.45) is 5.28. The van der Waals surface area contributed by atoms with E-state index in [1.54, 1.807) is 0 Å². The van der Waals surface area contributed by atoms with Crippen molar-refractivity contribution in [3.05, 3.63) is 0 Å². The molecule has 0 spiro atoms. The van der Waals surface area contributed by atoms with Crippen LogP contribution in [0, 0.1) is 0 Å². The van der Waals surface area contributed by atoms with E-state index in [1.807, 2.05) is 0 Å². The average Bonchev–Trinajstić information content (AvgIpc) is 2.30. The molecule has 0 unspecified atom stereocenters. The van der Waals surface area contributed by atoms with Gasteiger partial charge in [-0.3, -0.25) is 4.90 Å². The summed E-state index contributed by atoms with van der Waals surface area (Å²) in [5, 5.41) is 0. The van der Waals surface area contributed by atoms with Crippen LogP contribution in [0.5, 0.6) is 0 Å². The number of rotatable bonds is 2. The molecule has 2 atom stereocenters. The van der Waals surface area contributed by atoms with Gasteiger partial charge in [0.05, 0.1) is 0 Å². The van der Waals surface area contributed by atoms with E-state index in [-0.39, 0.29) is 0 Å². The summed E-state index contributed by atoms with van der Waals surface area (Å²) in [7, 11) is 0. The predicted octanol–water partition coefficient (Wildman–Crippen LogP) is 0.894. The molecule has 15 heavy (non-hydrogen) atoms. The highest BCUT2D eigenvalue weighted by Crippen LogP contribution is 2.22. The van der Waals surface area contributed by atoms with E-state index in [1.165, 1.54) is 58.4 Å². The first kappa shape index (κ1) is 11.4. The maximum atomic E-state index is 6.22. The molecular weight excluding hydrogens is 186 g/mol. The van der Waals surface area contributed by atoms with Gasteiger partial charge in [-0.05, 0) is 19.4 Å². The molecule has 0 aromatic carbocycles. The Balaban J connectivity index is 1.83. The molecule has 1 saturated carbocycles. The van der Waals surface area contributed by atoms with E-state index in [0.717, 1.165) is 0 Å². The second kappa shape index (κ2) is 5.28. The van der Waals surface area contributed by atoms with Crippen molar-refractivity contribution in [2.75, 3.05) is 32.7 Å². The zero-order valence-electron chi connectivity index (χ0n) is 9.99. The standard InChI is InChI=1S/C12H25N3/c1-2-14-7-9-15(10-8-14)12-6-4-3-5-11(12)13/h11-12H,2-10,13H2,1H3/t11-,12+/m1/s1. The largest absolute Gasteiger partial charge is 0.326 e. The molecule has 3 heteroatoms. The van der Waals surface area contributed by atoms with Crippen LogP contribution in [0.1, 0.15) is 32.6 Å². The highest BCUT2D eigenvalue weighted by Gasteiger charge is 2.29. The normalized spacial score (nSPS) is 35.6. The average molecular weight is 211 g/mol. The van der Waals surface area contributed by atoms with Gasteiger partial charge in [-0.15, -0.1) is 0 Å². The van der Waals surface area contributed by atoms with E-state index >= 15 is 0 Å². The highest BCUT2D eigenvalue weighted by atomic mass is 15.3. The third kappa shape index (κ3) is 2.71. The number of likely N-dealkylation sites (N-methyl/N-ethyl adjacent to an activating group) is 1. The zero-order valence-corrected chi connectivity index (χ0v) is 9.99. The van der Waals surface area contributed by atoms with Gasteiger partial charge in [0.2, 0.25) is 0 Å². The monoisotopic (exact) mass is 211 g/mol. The Morgan fingerprint density at radius 3 is 2.33 bits per heavy atom. The Morgan fingerprint density at radius 1 is 1.07 bits per heavy atom. The molecule has 2 N–H and O–H groups in total. The minimum Gasteiger partial charge on any atom is -0.326 e. The van der Waals surface area contributed by atoms with E-state index < -0.39 is 0 Å². The smallest absolute Gasteiger partial charge is 0.0248 e. The van der Waals surface area contributed by atoms with Gasteiger partial charge in [0, 0.05) is 38.3 Å². The van der Waals surface area contributed by atoms with Gasteiger partial charge in [0.15, 0.2) is 0 Å². The van der Waals surface area contributed by atoms with Gasteiger partial charge in [0.1, 0.15) is 0 Å². The topological polar surface area (TPSA) is 32.5 Å². The molecule has 3 nitrogen and oxygen atoms in total. The van der Waals surface area contributed by atoms with Crippen LogP contribution in [0.3, 0.4) is 0 Å². The molecule has 0 amide bonds. The van der Waals surface area contributed by atoms with Gasteiger partial charge in [0.25, 0.3) is 0 Å². The maximum Gasteiger partial charge on any atom is 0.0248 e. The van der Waals surface area contributed by atoms with Gasteiger partial charge in [-0.2, -0.15) is 0 Å². The lowest BCUT2D eigenvalue weighted by Crippen LogP contribution is -2.56. The number of piperazine rings is 1. The molecule has 0 aromatic heterocycles. The van der Waals surface area contributed by atoms with Gasteiger partial charge >= 0.3 is 0 Å². The number of hydrogen-bond donors (Lipinski definition) is 1. The van der Waals surface area contributed by atoms with Crippen LogP contribution >= 0.6 is 0 Å². The summed E-state index contributed by atoms with van der Waals surface area (Å²) in [6.45, 7) is 8.38. The maximum absolute atomic E-state index is 6.22. The number of nitrogens with zero attached hydrogens (tertiary/aromatic N) is 2. The Morgan fingerprint density at radius 2 is 1.73 bits per heavy atom. The van der Waals surface area contributed by atoms with Crippen molar-refractivity contribution < 1.29 is 0 Å². The molecule has 1 heterocycles. The van der Waals surface area contributed by atoms with Crippen LogP contribution in [-0.4, -0.2) is 54.6 Å². The summed E-state index contributed by atoms with van der Waals surface area (Å²) in [5.74, 6) is 0. The first-order valence-electron chi connectivity index (χ1n) is 6.53. The summed E-state index contributed by atoms with van der Waals surface area (Å²) in [5.41, 5.74) is 6.22. The van der Waals surface area contributed by atoms with Crippen molar-refractivity contribution in [3.63, 3.8) is 0 Å². The van der Waals surface area contributed by atoms with E-state index in [2.05, 4.69) is 16.7 Å². The Hall–Kier alpha value is -0.120. The molecule has 1 aliphatic heterocycles. The molecule has 0 bridgehead atoms. The summed E-state index contributed by atoms with van der Waals surface area (Å²) >= 11 is 0. The molecule has 2 fully saturated rings. The lowest BCUT2D eigenvalue weighted by atomic mass is 9.89. The highest BCUT2D eigenvalue weighted by molar-refractivity contribution is 4.88. The first-order valence-corrected chi connectivity index (χ1v) is 6.53. The Bertz CT molecular complexity index is 187. The fourth-order valence-electron chi connectivity index (χ4n) is 3.00. The fraction of sp³-hybridized carbons (Fsp3) is 1.00. The van der Waals surface area contributed by atoms with Crippen molar-refractivity contribution in [2.45, 2.75) is 44.7 Å². The SMILES string of the molecule is CCN1CCN([C@H]2CCCC[C@H]2N)CC1. The molecule has 1 saturated heterocycles. The van der Waals surface area contributed by atoms with Gasteiger partial charge in [-0.25, -0.2) is 0 Å². The van der Waals surface area contributed by atoms with Crippen molar-refractivity contribution in [1.29, 1.82) is 0 Å². The molecule has 88 valence electrons. The molecule has 2 rings (SSSR count). The predicted molar refractivity (Wildman–Crippen MR) is 63.9 cm³/mol. The molecule has 0 aromatic rings. The van der Waals surface area contributed by atoms with Crippen molar-refractivity contribution in [3.8, 4) is 0 Å². The molecule has 2 aliphatic rings. The Kier molecular flexibility index (Phi) is 4.00. The number of hydrogen-bond acceptors (Lipinski definition) is 3. The Labute approximate surface area is 93.6 Å². The van der Waals surface area contributed by atoms with Crippen LogP contribution in [0.25, 0.3) is 0 Å². The van der Waals surface area contributed by atoms with Crippen molar-refractivity contribution in [1.82, 2.24) is 9.80 Å². The molecule has 1 aliphatic carbocycles. The molecule has 0 radical (unpaired) electrons. The van der Waals surface area contributed by atoms with Crippen LogP contribution in [0.15, 0.2) is 0 Å². The van der Waals surface area contributed by atoms with Crippen molar-refractivity contribution >= 4 is 0 Å². The number of nitrogens with two attached hydrogens (primary N) is 1. The third-order valence-corrected chi connectivity index (χ3v) is 4.10. The van der Waals surface area contributed by atoms with Gasteiger partial charge < -0.3 is 10.6 Å². The minimum atomic E-state index is 0.437. The van der Waals surface area contributed by atoms with E-state index in [0.29, 0.717) is 12.1 Å².